The molecular weight excluding hydrogens is 432 g/mol. The lowest BCUT2D eigenvalue weighted by Crippen LogP contribution is -2.08. The molecule has 0 aromatic carbocycles. The Labute approximate surface area is 220 Å². The number of hydrogen-bond donors (Lipinski definition) is 0. The summed E-state index contributed by atoms with van der Waals surface area (Å²) in [5.74, 6) is 0. The molecule has 0 aromatic rings. The van der Waals surface area contributed by atoms with Gasteiger partial charge < -0.3 is 9.47 Å². The molecule has 0 saturated heterocycles. The van der Waals surface area contributed by atoms with Gasteiger partial charge in [0.2, 0.25) is 0 Å². The fourth-order valence-electron chi connectivity index (χ4n) is 4.80. The van der Waals surface area contributed by atoms with Gasteiger partial charge in [-0.3, -0.25) is 0 Å². The lowest BCUT2D eigenvalue weighted by Gasteiger charge is -2.05. The normalized spacial score (nSPS) is 11.1. The van der Waals surface area contributed by atoms with Crippen LogP contribution in [0, 0.1) is 0 Å². The maximum Gasteiger partial charge on any atom is 0.508 e. The third kappa shape index (κ3) is 31.2. The lowest BCUT2D eigenvalue weighted by atomic mass is 10.0. The van der Waals surface area contributed by atoms with Gasteiger partial charge >= 0.3 is 6.16 Å². The second-order valence-corrected chi connectivity index (χ2v) is 10.8. The van der Waals surface area contributed by atoms with Gasteiger partial charge in [-0.2, -0.15) is 0 Å². The smallest absolute Gasteiger partial charge is 0.434 e. The topological polar surface area (TPSA) is 35.5 Å². The molecule has 0 amide bonds. The summed E-state index contributed by atoms with van der Waals surface area (Å²) in [5.41, 5.74) is 0. The molecule has 0 aliphatic heterocycles. The summed E-state index contributed by atoms with van der Waals surface area (Å²) >= 11 is 0. The molecular formula is C32H64O3. The molecule has 0 aliphatic carbocycles. The lowest BCUT2D eigenvalue weighted by molar-refractivity contribution is 0.0541. The minimum absolute atomic E-state index is 0.457. The van der Waals surface area contributed by atoms with Crippen LogP contribution in [0.3, 0.4) is 0 Å². The summed E-state index contributed by atoms with van der Waals surface area (Å²) in [5, 5.41) is 0. The minimum atomic E-state index is -0.508. The van der Waals surface area contributed by atoms with Gasteiger partial charge in [0.05, 0.1) is 13.2 Å². The van der Waals surface area contributed by atoms with Gasteiger partial charge in [-0.1, -0.05) is 174 Å². The number of hydrogen-bond acceptors (Lipinski definition) is 3. The van der Waals surface area contributed by atoms with Crippen LogP contribution in [-0.4, -0.2) is 19.4 Å². The van der Waals surface area contributed by atoms with Crippen molar-refractivity contribution in [2.24, 2.45) is 0 Å². The Bertz CT molecular complexity index is 396. The van der Waals surface area contributed by atoms with Crippen molar-refractivity contribution >= 4 is 6.16 Å². The first kappa shape index (κ1) is 34.3. The van der Waals surface area contributed by atoms with E-state index in [1.165, 1.54) is 154 Å². The van der Waals surface area contributed by atoms with E-state index in [2.05, 4.69) is 6.92 Å². The Kier molecular flexibility index (Phi) is 30.6. The van der Waals surface area contributed by atoms with Gasteiger partial charge in [0.25, 0.3) is 0 Å². The molecule has 0 atom stereocenters. The molecule has 0 rings (SSSR count). The predicted octanol–water partition coefficient (Wildman–Crippen LogP) is 11.7. The van der Waals surface area contributed by atoms with Crippen LogP contribution in [0.25, 0.3) is 0 Å². The van der Waals surface area contributed by atoms with E-state index in [0.717, 1.165) is 19.3 Å². The van der Waals surface area contributed by atoms with Gasteiger partial charge in [0, 0.05) is 0 Å². The second kappa shape index (κ2) is 31.3. The summed E-state index contributed by atoms with van der Waals surface area (Å²) < 4.78 is 9.93. The highest BCUT2D eigenvalue weighted by Gasteiger charge is 2.02. The highest BCUT2D eigenvalue weighted by Crippen LogP contribution is 2.16. The molecule has 0 heterocycles. The maximum atomic E-state index is 11.2. The summed E-state index contributed by atoms with van der Waals surface area (Å²) in [7, 11) is 0. The van der Waals surface area contributed by atoms with Crippen LogP contribution in [0.1, 0.15) is 187 Å². The Hall–Kier alpha value is -0.730. The SMILES string of the molecule is CCCCCCCCCCCCCCCCCCCCCCCCCCCCOC(=O)OCCC. The van der Waals surface area contributed by atoms with Crippen molar-refractivity contribution in [3.8, 4) is 0 Å². The molecule has 0 saturated carbocycles. The molecule has 0 spiro atoms. The largest absolute Gasteiger partial charge is 0.508 e. The average molecular weight is 497 g/mol. The molecule has 35 heavy (non-hydrogen) atoms. The highest BCUT2D eigenvalue weighted by atomic mass is 16.7. The molecule has 0 fully saturated rings. The molecule has 0 radical (unpaired) electrons. The minimum Gasteiger partial charge on any atom is -0.434 e. The van der Waals surface area contributed by atoms with E-state index in [1.54, 1.807) is 0 Å². The second-order valence-electron chi connectivity index (χ2n) is 10.8. The van der Waals surface area contributed by atoms with E-state index < -0.39 is 6.16 Å². The highest BCUT2D eigenvalue weighted by molar-refractivity contribution is 5.59. The third-order valence-corrected chi connectivity index (χ3v) is 7.14. The number of carbonyl (C=O) groups is 1. The van der Waals surface area contributed by atoms with Crippen molar-refractivity contribution in [2.75, 3.05) is 13.2 Å². The van der Waals surface area contributed by atoms with Crippen molar-refractivity contribution in [1.29, 1.82) is 0 Å². The van der Waals surface area contributed by atoms with Gasteiger partial charge in [-0.15, -0.1) is 0 Å². The Morgan fingerprint density at radius 2 is 0.600 bits per heavy atom. The maximum absolute atomic E-state index is 11.2. The van der Waals surface area contributed by atoms with E-state index in [4.69, 9.17) is 9.47 Å². The van der Waals surface area contributed by atoms with Crippen LogP contribution in [0.5, 0.6) is 0 Å². The molecule has 3 heteroatoms. The number of ether oxygens (including phenoxy) is 2. The zero-order chi connectivity index (χ0) is 25.5. The fraction of sp³-hybridized carbons (Fsp3) is 0.969. The van der Waals surface area contributed by atoms with Crippen molar-refractivity contribution in [1.82, 2.24) is 0 Å². The number of unbranched alkanes of at least 4 members (excludes halogenated alkanes) is 25. The van der Waals surface area contributed by atoms with Crippen LogP contribution in [0.15, 0.2) is 0 Å². The summed E-state index contributed by atoms with van der Waals surface area (Å²) in [4.78, 5) is 11.2. The van der Waals surface area contributed by atoms with E-state index in [9.17, 15) is 4.79 Å². The van der Waals surface area contributed by atoms with Gasteiger partial charge in [-0.25, -0.2) is 4.79 Å². The first-order valence-electron chi connectivity index (χ1n) is 16.1. The zero-order valence-corrected chi connectivity index (χ0v) is 24.2. The van der Waals surface area contributed by atoms with E-state index in [1.807, 2.05) is 6.92 Å². The summed E-state index contributed by atoms with van der Waals surface area (Å²) in [6, 6.07) is 0. The van der Waals surface area contributed by atoms with Crippen molar-refractivity contribution in [3.63, 3.8) is 0 Å². The Balaban J connectivity index is 3.05. The van der Waals surface area contributed by atoms with E-state index in [0.29, 0.717) is 13.2 Å². The quantitative estimate of drug-likeness (QED) is 0.0762. The van der Waals surface area contributed by atoms with E-state index >= 15 is 0 Å². The molecule has 0 aliphatic rings. The Morgan fingerprint density at radius 1 is 0.343 bits per heavy atom. The van der Waals surface area contributed by atoms with Gasteiger partial charge in [0.1, 0.15) is 0 Å². The van der Waals surface area contributed by atoms with Gasteiger partial charge in [0.15, 0.2) is 0 Å². The van der Waals surface area contributed by atoms with E-state index in [-0.39, 0.29) is 0 Å². The zero-order valence-electron chi connectivity index (χ0n) is 24.2. The fourth-order valence-corrected chi connectivity index (χ4v) is 4.80. The monoisotopic (exact) mass is 496 g/mol. The van der Waals surface area contributed by atoms with Gasteiger partial charge in [-0.05, 0) is 12.8 Å². The molecule has 0 N–H and O–H groups in total. The van der Waals surface area contributed by atoms with Crippen LogP contribution >= 0.6 is 0 Å². The predicted molar refractivity (Wildman–Crippen MR) is 153 cm³/mol. The molecule has 0 unspecified atom stereocenters. The van der Waals surface area contributed by atoms with Crippen LogP contribution in [-0.2, 0) is 9.47 Å². The van der Waals surface area contributed by atoms with Crippen LogP contribution < -0.4 is 0 Å². The molecule has 210 valence electrons. The van der Waals surface area contributed by atoms with Crippen molar-refractivity contribution < 1.29 is 14.3 Å². The first-order valence-corrected chi connectivity index (χ1v) is 16.1. The average Bonchev–Trinajstić information content (AvgIpc) is 2.87. The summed E-state index contributed by atoms with van der Waals surface area (Å²) in [6.07, 6.45) is 36.8. The van der Waals surface area contributed by atoms with Crippen molar-refractivity contribution in [3.05, 3.63) is 0 Å². The van der Waals surface area contributed by atoms with Crippen LogP contribution in [0.4, 0.5) is 4.79 Å². The summed E-state index contributed by atoms with van der Waals surface area (Å²) in [6.45, 7) is 5.24. The molecule has 0 bridgehead atoms. The first-order chi connectivity index (χ1) is 17.3. The molecule has 3 nitrogen and oxygen atoms in total. The standard InChI is InChI=1S/C32H64O3/c1-3-5-6-7-8-9-10-11-12-13-14-15-16-17-18-19-20-21-22-23-24-25-26-27-28-29-31-35-32(33)34-30-4-2/h3-31H2,1-2H3. The Morgan fingerprint density at radius 3 is 0.886 bits per heavy atom. The number of carbonyl (C=O) groups excluding carboxylic acids is 1. The van der Waals surface area contributed by atoms with Crippen molar-refractivity contribution in [2.45, 2.75) is 187 Å². The third-order valence-electron chi connectivity index (χ3n) is 7.14. The molecule has 0 aromatic heterocycles. The number of rotatable bonds is 29. The van der Waals surface area contributed by atoms with Crippen LogP contribution in [0.2, 0.25) is 0 Å².